The highest BCUT2D eigenvalue weighted by Crippen LogP contribution is 2.35. The van der Waals surface area contributed by atoms with Crippen molar-refractivity contribution in [3.63, 3.8) is 0 Å². The zero-order valence-electron chi connectivity index (χ0n) is 15.6. The molecule has 3 N–H and O–H groups in total. The number of halogens is 2. The molecule has 3 rings (SSSR count). The second kappa shape index (κ2) is 8.59. The number of amides is 1. The molecule has 3 unspecified atom stereocenters. The van der Waals surface area contributed by atoms with Gasteiger partial charge < -0.3 is 20.5 Å². The van der Waals surface area contributed by atoms with Crippen LogP contribution in [-0.4, -0.2) is 40.3 Å². The van der Waals surface area contributed by atoms with Crippen LogP contribution in [0.2, 0.25) is 0 Å². The van der Waals surface area contributed by atoms with Crippen LogP contribution >= 0.6 is 15.9 Å². The Kier molecular flexibility index (Phi) is 6.37. The molecule has 1 amide bonds. The molecule has 1 saturated heterocycles. The van der Waals surface area contributed by atoms with E-state index in [4.69, 9.17) is 10.5 Å². The summed E-state index contributed by atoms with van der Waals surface area (Å²) in [6, 6.07) is 13.6. The minimum Gasteiger partial charge on any atom is -0.445 e. The van der Waals surface area contributed by atoms with Gasteiger partial charge in [0.2, 0.25) is 0 Å². The third-order valence-corrected chi connectivity index (χ3v) is 5.92. The molecule has 2 aromatic rings. The van der Waals surface area contributed by atoms with Gasteiger partial charge in [-0.2, -0.15) is 0 Å². The SMILES string of the molecule is CC1CC(N)(CO)C(Cc2cccc(Br)c2F)N1C(=O)OCc1ccccc1. The average Bonchev–Trinajstić information content (AvgIpc) is 2.94. The molecular formula is C21H24BrFN2O3. The van der Waals surface area contributed by atoms with Crippen LogP contribution in [0.5, 0.6) is 0 Å². The van der Waals surface area contributed by atoms with Crippen LogP contribution in [0.4, 0.5) is 9.18 Å². The van der Waals surface area contributed by atoms with Crippen molar-refractivity contribution in [1.82, 2.24) is 4.90 Å². The molecule has 7 heteroatoms. The molecule has 0 aromatic heterocycles. The van der Waals surface area contributed by atoms with Gasteiger partial charge in [-0.15, -0.1) is 0 Å². The molecule has 0 spiro atoms. The first-order valence-corrected chi connectivity index (χ1v) is 9.96. The summed E-state index contributed by atoms with van der Waals surface area (Å²) in [5, 5.41) is 9.92. The standard InChI is InChI=1S/C21H24BrFN2O3/c1-14-11-21(24,13-26)18(10-16-8-5-9-17(22)19(16)23)25(14)20(27)28-12-15-6-3-2-4-7-15/h2-9,14,18,26H,10-13,24H2,1H3. The summed E-state index contributed by atoms with van der Waals surface area (Å²) in [5.41, 5.74) is 6.70. The van der Waals surface area contributed by atoms with Gasteiger partial charge in [-0.05, 0) is 52.9 Å². The van der Waals surface area contributed by atoms with E-state index >= 15 is 0 Å². The van der Waals surface area contributed by atoms with Crippen LogP contribution < -0.4 is 5.73 Å². The maximum Gasteiger partial charge on any atom is 0.410 e. The van der Waals surface area contributed by atoms with Gasteiger partial charge in [-0.1, -0.05) is 42.5 Å². The van der Waals surface area contributed by atoms with Crippen LogP contribution in [0.3, 0.4) is 0 Å². The fourth-order valence-corrected chi connectivity index (χ4v) is 4.26. The molecule has 150 valence electrons. The van der Waals surface area contributed by atoms with Crippen LogP contribution in [0.15, 0.2) is 53.0 Å². The van der Waals surface area contributed by atoms with Gasteiger partial charge in [-0.3, -0.25) is 0 Å². The normalized spacial score (nSPS) is 24.4. The van der Waals surface area contributed by atoms with Gasteiger partial charge in [0.15, 0.2) is 0 Å². The lowest BCUT2D eigenvalue weighted by Gasteiger charge is -2.34. The number of carbonyl (C=O) groups excluding carboxylic acids is 1. The number of benzene rings is 2. The molecule has 2 aromatic carbocycles. The Morgan fingerprint density at radius 2 is 2.04 bits per heavy atom. The number of hydrogen-bond donors (Lipinski definition) is 2. The quantitative estimate of drug-likeness (QED) is 0.729. The molecule has 0 radical (unpaired) electrons. The first-order valence-electron chi connectivity index (χ1n) is 9.17. The van der Waals surface area contributed by atoms with Gasteiger partial charge in [0, 0.05) is 6.04 Å². The van der Waals surface area contributed by atoms with Crippen LogP contribution in [0.25, 0.3) is 0 Å². The van der Waals surface area contributed by atoms with Crippen LogP contribution in [0, 0.1) is 5.82 Å². The van der Waals surface area contributed by atoms with Crippen molar-refractivity contribution in [1.29, 1.82) is 0 Å². The Balaban J connectivity index is 1.82. The number of aliphatic hydroxyl groups excluding tert-OH is 1. The lowest BCUT2D eigenvalue weighted by atomic mass is 9.87. The molecule has 5 nitrogen and oxygen atoms in total. The average molecular weight is 451 g/mol. The molecule has 28 heavy (non-hydrogen) atoms. The Morgan fingerprint density at radius 1 is 1.32 bits per heavy atom. The number of nitrogens with two attached hydrogens (primary N) is 1. The van der Waals surface area contributed by atoms with Crippen molar-refractivity contribution in [2.24, 2.45) is 5.73 Å². The summed E-state index contributed by atoms with van der Waals surface area (Å²) < 4.78 is 20.4. The van der Waals surface area contributed by atoms with E-state index in [-0.39, 0.29) is 31.5 Å². The molecule has 3 atom stereocenters. The summed E-state index contributed by atoms with van der Waals surface area (Å²) in [6.07, 6.45) is 0.0784. The van der Waals surface area contributed by atoms with E-state index in [1.54, 1.807) is 23.1 Å². The summed E-state index contributed by atoms with van der Waals surface area (Å²) >= 11 is 3.19. The van der Waals surface area contributed by atoms with Gasteiger partial charge in [-0.25, -0.2) is 9.18 Å². The molecule has 1 heterocycles. The second-order valence-electron chi connectivity index (χ2n) is 7.32. The van der Waals surface area contributed by atoms with E-state index in [1.807, 2.05) is 37.3 Å². The van der Waals surface area contributed by atoms with Gasteiger partial charge >= 0.3 is 6.09 Å². The first-order chi connectivity index (χ1) is 13.4. The Bertz CT molecular complexity index is 836. The molecule has 1 aliphatic rings. The third-order valence-electron chi connectivity index (χ3n) is 5.30. The lowest BCUT2D eigenvalue weighted by molar-refractivity contribution is 0.0699. The van der Waals surface area contributed by atoms with E-state index in [2.05, 4.69) is 15.9 Å². The number of rotatable bonds is 5. The van der Waals surface area contributed by atoms with Crippen molar-refractivity contribution < 1.29 is 19.0 Å². The third kappa shape index (κ3) is 4.21. The maximum absolute atomic E-state index is 14.5. The predicted octanol–water partition coefficient (Wildman–Crippen LogP) is 3.62. The largest absolute Gasteiger partial charge is 0.445 e. The van der Waals surface area contributed by atoms with E-state index in [1.165, 1.54) is 0 Å². The van der Waals surface area contributed by atoms with Crippen LogP contribution in [0.1, 0.15) is 24.5 Å². The topological polar surface area (TPSA) is 75.8 Å². The van der Waals surface area contributed by atoms with Gasteiger partial charge in [0.25, 0.3) is 0 Å². The fourth-order valence-electron chi connectivity index (χ4n) is 3.86. The number of carbonyl (C=O) groups is 1. The number of likely N-dealkylation sites (tertiary alicyclic amines) is 1. The maximum atomic E-state index is 14.5. The smallest absolute Gasteiger partial charge is 0.410 e. The number of aliphatic hydroxyl groups is 1. The van der Waals surface area contributed by atoms with Crippen molar-refractivity contribution in [2.75, 3.05) is 6.61 Å². The molecule has 1 fully saturated rings. The second-order valence-corrected chi connectivity index (χ2v) is 8.18. The van der Waals surface area contributed by atoms with Gasteiger partial charge in [0.05, 0.1) is 22.7 Å². The highest BCUT2D eigenvalue weighted by molar-refractivity contribution is 9.10. The van der Waals surface area contributed by atoms with E-state index < -0.39 is 17.7 Å². The van der Waals surface area contributed by atoms with Crippen molar-refractivity contribution in [2.45, 2.75) is 44.0 Å². The number of nitrogens with zero attached hydrogens (tertiary/aromatic N) is 1. The predicted molar refractivity (Wildman–Crippen MR) is 108 cm³/mol. The fraction of sp³-hybridized carbons (Fsp3) is 0.381. The lowest BCUT2D eigenvalue weighted by Crippen LogP contribution is -2.56. The summed E-state index contributed by atoms with van der Waals surface area (Å²) in [5.74, 6) is -0.389. The highest BCUT2D eigenvalue weighted by atomic mass is 79.9. The van der Waals surface area contributed by atoms with E-state index in [9.17, 15) is 14.3 Å². The number of ether oxygens (including phenoxy) is 1. The molecule has 0 aliphatic carbocycles. The molecule has 1 aliphatic heterocycles. The summed E-state index contributed by atoms with van der Waals surface area (Å²) in [4.78, 5) is 14.4. The highest BCUT2D eigenvalue weighted by Gasteiger charge is 2.50. The monoisotopic (exact) mass is 450 g/mol. The van der Waals surface area contributed by atoms with E-state index in [0.717, 1.165) is 5.56 Å². The number of hydrogen-bond acceptors (Lipinski definition) is 4. The van der Waals surface area contributed by atoms with E-state index in [0.29, 0.717) is 16.5 Å². The first kappa shape index (κ1) is 20.8. The Hall–Kier alpha value is -1.96. The summed E-state index contributed by atoms with van der Waals surface area (Å²) in [7, 11) is 0. The van der Waals surface area contributed by atoms with Crippen LogP contribution in [-0.2, 0) is 17.8 Å². The molecule has 0 saturated carbocycles. The zero-order valence-corrected chi connectivity index (χ0v) is 17.2. The minimum absolute atomic E-state index is 0.136. The Morgan fingerprint density at radius 3 is 2.71 bits per heavy atom. The van der Waals surface area contributed by atoms with Crippen molar-refractivity contribution in [3.05, 3.63) is 69.9 Å². The molecule has 0 bridgehead atoms. The molecular weight excluding hydrogens is 427 g/mol. The minimum atomic E-state index is -1.03. The summed E-state index contributed by atoms with van der Waals surface area (Å²) in [6.45, 7) is 1.69. The van der Waals surface area contributed by atoms with Crippen molar-refractivity contribution >= 4 is 22.0 Å². The van der Waals surface area contributed by atoms with Crippen molar-refractivity contribution in [3.8, 4) is 0 Å². The van der Waals surface area contributed by atoms with Gasteiger partial charge in [0.1, 0.15) is 12.4 Å². The Labute approximate surface area is 172 Å². The zero-order chi connectivity index (χ0) is 20.3.